The largest absolute Gasteiger partial charge is 0.354 e. The number of thioether (sulfide) groups is 1. The number of hydrogen-bond donors (Lipinski definition) is 1. The summed E-state index contributed by atoms with van der Waals surface area (Å²) in [5.41, 5.74) is 1.52. The van der Waals surface area contributed by atoms with Gasteiger partial charge in [-0.1, -0.05) is 41.4 Å². The second-order valence-electron chi connectivity index (χ2n) is 6.14. The molecule has 0 bridgehead atoms. The SMILES string of the molecule is CS(=O)(=O)N(CC(=O)NCCCSCc1cccc(Cl)c1)c1cccc(Cl)c1. The van der Waals surface area contributed by atoms with E-state index >= 15 is 0 Å². The van der Waals surface area contributed by atoms with E-state index in [1.165, 1.54) is 6.07 Å². The lowest BCUT2D eigenvalue weighted by molar-refractivity contribution is -0.119. The lowest BCUT2D eigenvalue weighted by atomic mass is 10.2. The fourth-order valence-corrected chi connectivity index (χ4v) is 4.59. The van der Waals surface area contributed by atoms with Gasteiger partial charge in [-0.05, 0) is 48.1 Å². The molecule has 0 aromatic heterocycles. The van der Waals surface area contributed by atoms with E-state index in [4.69, 9.17) is 23.2 Å². The number of anilines is 1. The molecule has 0 aliphatic rings. The molecule has 0 saturated heterocycles. The van der Waals surface area contributed by atoms with E-state index in [0.29, 0.717) is 17.3 Å². The third-order valence-corrected chi connectivity index (χ3v) is 6.45. The van der Waals surface area contributed by atoms with E-state index in [0.717, 1.165) is 39.1 Å². The highest BCUT2D eigenvalue weighted by Crippen LogP contribution is 2.21. The number of carbonyl (C=O) groups is 1. The second kappa shape index (κ2) is 11.0. The monoisotopic (exact) mass is 460 g/mol. The van der Waals surface area contributed by atoms with Crippen molar-refractivity contribution in [1.82, 2.24) is 5.32 Å². The molecule has 0 fully saturated rings. The molecule has 2 rings (SSSR count). The van der Waals surface area contributed by atoms with Crippen LogP contribution in [0.15, 0.2) is 48.5 Å². The molecule has 0 unspecified atom stereocenters. The van der Waals surface area contributed by atoms with Gasteiger partial charge in [0.15, 0.2) is 0 Å². The Morgan fingerprint density at radius 1 is 1.11 bits per heavy atom. The van der Waals surface area contributed by atoms with E-state index in [-0.39, 0.29) is 12.5 Å². The Bertz CT molecular complexity index is 908. The van der Waals surface area contributed by atoms with Crippen LogP contribution in [0.5, 0.6) is 0 Å². The molecule has 1 amide bonds. The number of benzene rings is 2. The molecule has 2 aromatic rings. The van der Waals surface area contributed by atoms with Crippen LogP contribution < -0.4 is 9.62 Å². The minimum absolute atomic E-state index is 0.283. The fraction of sp³-hybridized carbons (Fsp3) is 0.316. The standard InChI is InChI=1S/C19H22Cl2N2O3S2/c1-28(25,26)23(18-8-3-7-17(21)12-18)13-19(24)22-9-4-10-27-14-15-5-2-6-16(20)11-15/h2-3,5-8,11-12H,4,9-10,13-14H2,1H3,(H,22,24). The van der Waals surface area contributed by atoms with Gasteiger partial charge in [-0.25, -0.2) is 8.42 Å². The molecule has 0 spiro atoms. The van der Waals surface area contributed by atoms with Gasteiger partial charge >= 0.3 is 0 Å². The molecule has 1 N–H and O–H groups in total. The molecule has 0 heterocycles. The quantitative estimate of drug-likeness (QED) is 0.539. The van der Waals surface area contributed by atoms with Gasteiger partial charge in [-0.3, -0.25) is 9.10 Å². The predicted octanol–water partition coefficient (Wildman–Crippen LogP) is 4.20. The first-order valence-corrected chi connectivity index (χ1v) is 12.3. The Morgan fingerprint density at radius 3 is 2.43 bits per heavy atom. The van der Waals surface area contributed by atoms with Crippen LogP contribution in [0.2, 0.25) is 10.0 Å². The van der Waals surface area contributed by atoms with Crippen molar-refractivity contribution in [1.29, 1.82) is 0 Å². The Kier molecular flexibility index (Phi) is 8.95. The summed E-state index contributed by atoms with van der Waals surface area (Å²) < 4.78 is 25.1. The normalized spacial score (nSPS) is 11.2. The van der Waals surface area contributed by atoms with Crippen molar-refractivity contribution < 1.29 is 13.2 Å². The zero-order valence-electron chi connectivity index (χ0n) is 15.4. The van der Waals surface area contributed by atoms with Gasteiger partial charge < -0.3 is 5.32 Å². The number of carbonyl (C=O) groups excluding carboxylic acids is 1. The summed E-state index contributed by atoms with van der Waals surface area (Å²) in [6.45, 7) is 0.198. The van der Waals surface area contributed by atoms with Crippen molar-refractivity contribution >= 4 is 56.6 Å². The van der Waals surface area contributed by atoms with E-state index in [1.807, 2.05) is 24.3 Å². The van der Waals surface area contributed by atoms with Gasteiger partial charge in [0, 0.05) is 22.3 Å². The van der Waals surface area contributed by atoms with Crippen LogP contribution >= 0.6 is 35.0 Å². The van der Waals surface area contributed by atoms with E-state index < -0.39 is 10.0 Å². The van der Waals surface area contributed by atoms with Gasteiger partial charge in [-0.2, -0.15) is 11.8 Å². The number of hydrogen-bond acceptors (Lipinski definition) is 4. The topological polar surface area (TPSA) is 66.5 Å². The minimum Gasteiger partial charge on any atom is -0.354 e. The maximum atomic E-state index is 12.2. The summed E-state index contributed by atoms with van der Waals surface area (Å²) >= 11 is 13.6. The number of nitrogens with one attached hydrogen (secondary N) is 1. The number of halogens is 2. The van der Waals surface area contributed by atoms with Crippen molar-refractivity contribution in [2.45, 2.75) is 12.2 Å². The summed E-state index contributed by atoms with van der Waals surface area (Å²) in [5.74, 6) is 1.37. The van der Waals surface area contributed by atoms with Gasteiger partial charge in [0.05, 0.1) is 11.9 Å². The van der Waals surface area contributed by atoms with E-state index in [1.54, 1.807) is 30.0 Å². The van der Waals surface area contributed by atoms with Gasteiger partial charge in [0.25, 0.3) is 0 Å². The highest BCUT2D eigenvalue weighted by Gasteiger charge is 2.20. The molecule has 5 nitrogen and oxygen atoms in total. The number of amides is 1. The zero-order valence-corrected chi connectivity index (χ0v) is 18.5. The van der Waals surface area contributed by atoms with Crippen molar-refractivity contribution in [2.75, 3.05) is 29.4 Å². The molecule has 0 radical (unpaired) electrons. The van der Waals surface area contributed by atoms with E-state index in [2.05, 4.69) is 5.32 Å². The lowest BCUT2D eigenvalue weighted by Gasteiger charge is -2.22. The summed E-state index contributed by atoms with van der Waals surface area (Å²) in [6.07, 6.45) is 1.85. The smallest absolute Gasteiger partial charge is 0.240 e. The van der Waals surface area contributed by atoms with Crippen molar-refractivity contribution in [3.8, 4) is 0 Å². The molecule has 28 heavy (non-hydrogen) atoms. The first-order chi connectivity index (χ1) is 13.3. The van der Waals surface area contributed by atoms with Crippen LogP contribution in [-0.4, -0.2) is 39.4 Å². The lowest BCUT2D eigenvalue weighted by Crippen LogP contribution is -2.40. The molecular weight excluding hydrogens is 439 g/mol. The molecule has 0 aliphatic carbocycles. The number of rotatable bonds is 10. The van der Waals surface area contributed by atoms with Crippen molar-refractivity contribution in [2.24, 2.45) is 0 Å². The van der Waals surface area contributed by atoms with Crippen molar-refractivity contribution in [3.05, 3.63) is 64.1 Å². The van der Waals surface area contributed by atoms with Crippen LogP contribution in [0.25, 0.3) is 0 Å². The molecule has 0 saturated carbocycles. The molecular formula is C19H22Cl2N2O3S2. The van der Waals surface area contributed by atoms with Gasteiger partial charge in [0.1, 0.15) is 6.54 Å². The first-order valence-electron chi connectivity index (χ1n) is 8.58. The average Bonchev–Trinajstić information content (AvgIpc) is 2.61. The summed E-state index contributed by atoms with van der Waals surface area (Å²) in [4.78, 5) is 12.2. The Balaban J connectivity index is 1.75. The molecule has 0 aliphatic heterocycles. The number of nitrogens with zero attached hydrogens (tertiary/aromatic N) is 1. The maximum absolute atomic E-state index is 12.2. The third kappa shape index (κ3) is 7.91. The summed E-state index contributed by atoms with van der Waals surface area (Å²) in [5, 5.41) is 3.89. The van der Waals surface area contributed by atoms with Crippen LogP contribution in [0.4, 0.5) is 5.69 Å². The molecule has 152 valence electrons. The van der Waals surface area contributed by atoms with Crippen LogP contribution in [0, 0.1) is 0 Å². The predicted molar refractivity (Wildman–Crippen MR) is 119 cm³/mol. The van der Waals surface area contributed by atoms with Crippen LogP contribution in [0.3, 0.4) is 0 Å². The molecule has 2 aromatic carbocycles. The van der Waals surface area contributed by atoms with Gasteiger partial charge in [-0.15, -0.1) is 0 Å². The van der Waals surface area contributed by atoms with Crippen LogP contribution in [0.1, 0.15) is 12.0 Å². The minimum atomic E-state index is -3.60. The van der Waals surface area contributed by atoms with E-state index in [9.17, 15) is 13.2 Å². The average molecular weight is 461 g/mol. The van der Waals surface area contributed by atoms with Crippen LogP contribution in [-0.2, 0) is 20.6 Å². The zero-order chi connectivity index (χ0) is 20.6. The fourth-order valence-electron chi connectivity index (χ4n) is 2.44. The summed E-state index contributed by atoms with van der Waals surface area (Å²) in [6, 6.07) is 14.1. The molecule has 0 atom stereocenters. The third-order valence-electron chi connectivity index (χ3n) is 3.73. The van der Waals surface area contributed by atoms with Gasteiger partial charge in [0.2, 0.25) is 15.9 Å². The maximum Gasteiger partial charge on any atom is 0.240 e. The van der Waals surface area contributed by atoms with Crippen molar-refractivity contribution in [3.63, 3.8) is 0 Å². The highest BCUT2D eigenvalue weighted by atomic mass is 35.5. The molecule has 9 heteroatoms. The Morgan fingerprint density at radius 2 is 1.79 bits per heavy atom. The number of sulfonamides is 1. The first kappa shape index (κ1) is 22.9. The summed E-state index contributed by atoms with van der Waals surface area (Å²) in [7, 11) is -3.60. The second-order valence-corrected chi connectivity index (χ2v) is 10.0. The Labute approximate surface area is 180 Å². The highest BCUT2D eigenvalue weighted by molar-refractivity contribution is 7.98. The Hall–Kier alpha value is -1.41.